The summed E-state index contributed by atoms with van der Waals surface area (Å²) in [6.07, 6.45) is 10.1. The summed E-state index contributed by atoms with van der Waals surface area (Å²) in [7, 11) is 0. The topological polar surface area (TPSA) is 41.1 Å². The highest BCUT2D eigenvalue weighted by Gasteiger charge is 1.92. The smallest absolute Gasteiger partial charge is 0.318 e. The molecule has 0 radical (unpaired) electrons. The van der Waals surface area contributed by atoms with Crippen LogP contribution in [-0.2, 0) is 0 Å². The zero-order valence-corrected chi connectivity index (χ0v) is 11.3. The minimum atomic E-state index is -0.167. The summed E-state index contributed by atoms with van der Waals surface area (Å²) >= 11 is 0. The molecule has 0 aliphatic carbocycles. The lowest BCUT2D eigenvalue weighted by Gasteiger charge is -2.01. The van der Waals surface area contributed by atoms with Crippen molar-refractivity contribution in [2.75, 3.05) is 6.54 Å². The molecule has 0 aliphatic rings. The fourth-order valence-electron chi connectivity index (χ4n) is 1.27. The highest BCUT2D eigenvalue weighted by atomic mass is 16.2. The number of allylic oxidation sites excluding steroid dienone is 5. The van der Waals surface area contributed by atoms with Crippen molar-refractivity contribution in [2.45, 2.75) is 40.5 Å². The molecule has 0 heterocycles. The Labute approximate surface area is 105 Å². The van der Waals surface area contributed by atoms with Gasteiger partial charge in [0.05, 0.1) is 0 Å². The molecule has 0 aromatic rings. The molecular weight excluding hydrogens is 212 g/mol. The highest BCUT2D eigenvalue weighted by molar-refractivity contribution is 5.74. The molecule has 0 saturated heterocycles. The van der Waals surface area contributed by atoms with Gasteiger partial charge in [-0.1, -0.05) is 37.6 Å². The van der Waals surface area contributed by atoms with Crippen LogP contribution in [0.4, 0.5) is 4.79 Å². The molecule has 0 fully saturated rings. The summed E-state index contributed by atoms with van der Waals surface area (Å²) in [4.78, 5) is 11.1. The monoisotopic (exact) mass is 236 g/mol. The van der Waals surface area contributed by atoms with Gasteiger partial charge < -0.3 is 10.6 Å². The van der Waals surface area contributed by atoms with Gasteiger partial charge in [0, 0.05) is 12.7 Å². The third-order valence-corrected chi connectivity index (χ3v) is 2.20. The van der Waals surface area contributed by atoms with Crippen LogP contribution in [0.2, 0.25) is 0 Å². The van der Waals surface area contributed by atoms with Gasteiger partial charge in [0.2, 0.25) is 0 Å². The zero-order chi connectivity index (χ0) is 13.1. The summed E-state index contributed by atoms with van der Waals surface area (Å²) in [5, 5.41) is 5.34. The molecule has 0 saturated carbocycles. The van der Waals surface area contributed by atoms with Crippen molar-refractivity contribution in [3.63, 3.8) is 0 Å². The molecule has 2 N–H and O–H groups in total. The number of hydrogen-bond acceptors (Lipinski definition) is 1. The third kappa shape index (κ3) is 8.31. The Kier molecular flexibility index (Phi) is 8.84. The van der Waals surface area contributed by atoms with Crippen LogP contribution in [0.5, 0.6) is 0 Å². The molecule has 0 spiro atoms. The van der Waals surface area contributed by atoms with Crippen LogP contribution in [0.1, 0.15) is 40.5 Å². The molecule has 3 heteroatoms. The zero-order valence-electron chi connectivity index (χ0n) is 11.3. The summed E-state index contributed by atoms with van der Waals surface area (Å²) in [5.74, 6) is 0. The van der Waals surface area contributed by atoms with E-state index in [0.717, 1.165) is 18.4 Å². The molecule has 0 atom stereocenters. The number of rotatable bonds is 6. The lowest BCUT2D eigenvalue weighted by atomic mass is 10.1. The van der Waals surface area contributed by atoms with Crippen molar-refractivity contribution in [2.24, 2.45) is 0 Å². The maximum atomic E-state index is 11.1. The maximum absolute atomic E-state index is 11.1. The summed E-state index contributed by atoms with van der Waals surface area (Å²) in [5.41, 5.74) is 2.34. The van der Waals surface area contributed by atoms with E-state index in [2.05, 4.69) is 36.6 Å². The Bertz CT molecular complexity index is 314. The third-order valence-electron chi connectivity index (χ3n) is 2.20. The van der Waals surface area contributed by atoms with Gasteiger partial charge in [-0.25, -0.2) is 4.79 Å². The second-order valence-electron chi connectivity index (χ2n) is 3.77. The van der Waals surface area contributed by atoms with Crippen LogP contribution in [0.25, 0.3) is 0 Å². The van der Waals surface area contributed by atoms with E-state index in [0.29, 0.717) is 6.54 Å². The molecule has 0 unspecified atom stereocenters. The Morgan fingerprint density at radius 2 is 1.88 bits per heavy atom. The Balaban J connectivity index is 4.27. The number of carbonyl (C=O) groups is 1. The second kappa shape index (κ2) is 9.70. The van der Waals surface area contributed by atoms with E-state index in [9.17, 15) is 4.79 Å². The molecule has 3 nitrogen and oxygen atoms in total. The van der Waals surface area contributed by atoms with E-state index in [-0.39, 0.29) is 6.03 Å². The normalized spacial score (nSPS) is 12.9. The standard InChI is InChI=1S/C14H24N2O/c1-5-8-13(6-2)10-9-12(4)11-16-14(17)15-7-3/h8-11H,5-7H2,1-4H3,(H2,15,16,17)/b10-9-,12-11+,13-8-. The first-order valence-corrected chi connectivity index (χ1v) is 6.22. The number of hydrogen-bond donors (Lipinski definition) is 2. The van der Waals surface area contributed by atoms with Crippen LogP contribution < -0.4 is 10.6 Å². The van der Waals surface area contributed by atoms with Gasteiger partial charge in [0.25, 0.3) is 0 Å². The van der Waals surface area contributed by atoms with Crippen molar-refractivity contribution in [3.8, 4) is 0 Å². The lowest BCUT2D eigenvalue weighted by Crippen LogP contribution is -2.31. The van der Waals surface area contributed by atoms with E-state index < -0.39 is 0 Å². The summed E-state index contributed by atoms with van der Waals surface area (Å²) < 4.78 is 0. The lowest BCUT2D eigenvalue weighted by molar-refractivity contribution is 0.244. The average Bonchev–Trinajstić information content (AvgIpc) is 2.32. The van der Waals surface area contributed by atoms with Crippen LogP contribution in [-0.4, -0.2) is 12.6 Å². The molecule has 0 aliphatic heterocycles. The van der Waals surface area contributed by atoms with E-state index >= 15 is 0 Å². The quantitative estimate of drug-likeness (QED) is 0.681. The molecule has 0 aromatic carbocycles. The van der Waals surface area contributed by atoms with E-state index in [1.807, 2.05) is 19.9 Å². The minimum Gasteiger partial charge on any atom is -0.338 e. The van der Waals surface area contributed by atoms with E-state index in [1.165, 1.54) is 5.57 Å². The molecular formula is C14H24N2O. The Hall–Kier alpha value is -1.51. The Morgan fingerprint density at radius 3 is 2.41 bits per heavy atom. The van der Waals surface area contributed by atoms with Crippen LogP contribution in [0, 0.1) is 0 Å². The molecule has 96 valence electrons. The SMILES string of the molecule is CC\C=C(/C=C\C(C)=C\NC(=O)NCC)CC. The van der Waals surface area contributed by atoms with Crippen molar-refractivity contribution in [1.82, 2.24) is 10.6 Å². The first-order chi connectivity index (χ1) is 8.13. The fourth-order valence-corrected chi connectivity index (χ4v) is 1.27. The predicted octanol–water partition coefficient (Wildman–Crippen LogP) is 3.51. The van der Waals surface area contributed by atoms with E-state index in [4.69, 9.17) is 0 Å². The first-order valence-electron chi connectivity index (χ1n) is 6.22. The average molecular weight is 236 g/mol. The molecule has 0 rings (SSSR count). The fraction of sp³-hybridized carbons (Fsp3) is 0.500. The summed E-state index contributed by atoms with van der Waals surface area (Å²) in [6.45, 7) is 8.75. The van der Waals surface area contributed by atoms with Gasteiger partial charge in [0.15, 0.2) is 0 Å². The number of nitrogens with one attached hydrogen (secondary N) is 2. The predicted molar refractivity (Wildman–Crippen MR) is 73.8 cm³/mol. The number of urea groups is 1. The minimum absolute atomic E-state index is 0.167. The van der Waals surface area contributed by atoms with Gasteiger partial charge in [-0.05, 0) is 32.3 Å². The van der Waals surface area contributed by atoms with Crippen LogP contribution in [0.3, 0.4) is 0 Å². The number of carbonyl (C=O) groups excluding carboxylic acids is 1. The van der Waals surface area contributed by atoms with Crippen LogP contribution in [0.15, 0.2) is 35.6 Å². The highest BCUT2D eigenvalue weighted by Crippen LogP contribution is 2.06. The Morgan fingerprint density at radius 1 is 1.18 bits per heavy atom. The molecule has 17 heavy (non-hydrogen) atoms. The van der Waals surface area contributed by atoms with Gasteiger partial charge in [0.1, 0.15) is 0 Å². The number of amides is 2. The molecule has 2 amide bonds. The van der Waals surface area contributed by atoms with Crippen molar-refractivity contribution in [3.05, 3.63) is 35.6 Å². The largest absolute Gasteiger partial charge is 0.338 e. The van der Waals surface area contributed by atoms with Crippen LogP contribution >= 0.6 is 0 Å². The van der Waals surface area contributed by atoms with Crippen molar-refractivity contribution >= 4 is 6.03 Å². The molecule has 0 aromatic heterocycles. The second-order valence-corrected chi connectivity index (χ2v) is 3.77. The van der Waals surface area contributed by atoms with Gasteiger partial charge in [-0.15, -0.1) is 0 Å². The van der Waals surface area contributed by atoms with Gasteiger partial charge in [-0.3, -0.25) is 0 Å². The summed E-state index contributed by atoms with van der Waals surface area (Å²) in [6, 6.07) is -0.167. The van der Waals surface area contributed by atoms with Crippen molar-refractivity contribution in [1.29, 1.82) is 0 Å². The first kappa shape index (κ1) is 15.5. The van der Waals surface area contributed by atoms with Gasteiger partial charge >= 0.3 is 6.03 Å². The maximum Gasteiger partial charge on any atom is 0.318 e. The van der Waals surface area contributed by atoms with Crippen molar-refractivity contribution < 1.29 is 4.79 Å². The molecule has 0 bridgehead atoms. The van der Waals surface area contributed by atoms with Gasteiger partial charge in [-0.2, -0.15) is 0 Å². The van der Waals surface area contributed by atoms with E-state index in [1.54, 1.807) is 6.20 Å².